The zero-order valence-corrected chi connectivity index (χ0v) is 10.5. The Kier molecular flexibility index (Phi) is 3.50. The number of thioether (sulfide) groups is 1. The maximum atomic E-state index is 11.0. The molecule has 0 spiro atoms. The summed E-state index contributed by atoms with van der Waals surface area (Å²) in [6, 6.07) is 0.0413. The number of hydrogen-bond acceptors (Lipinski definition) is 7. The first-order valence-corrected chi connectivity index (χ1v) is 8.07. The van der Waals surface area contributed by atoms with Crippen molar-refractivity contribution >= 4 is 21.6 Å². The van der Waals surface area contributed by atoms with Crippen molar-refractivity contribution in [2.75, 3.05) is 24.3 Å². The topological polar surface area (TPSA) is 85.1 Å². The third-order valence-corrected chi connectivity index (χ3v) is 3.94. The van der Waals surface area contributed by atoms with E-state index in [4.69, 9.17) is 4.52 Å². The number of nitrogens with one attached hydrogen (secondary N) is 1. The minimum Gasteiger partial charge on any atom is -0.338 e. The predicted molar refractivity (Wildman–Crippen MR) is 60.9 cm³/mol. The molecule has 0 saturated carbocycles. The van der Waals surface area contributed by atoms with E-state index in [0.717, 1.165) is 24.3 Å². The van der Waals surface area contributed by atoms with Gasteiger partial charge in [-0.2, -0.15) is 16.7 Å². The number of hydrogen-bond donors (Lipinski definition) is 1. The first-order chi connectivity index (χ1) is 7.54. The van der Waals surface area contributed by atoms with Crippen molar-refractivity contribution < 1.29 is 12.9 Å². The first-order valence-electron chi connectivity index (χ1n) is 4.86. The van der Waals surface area contributed by atoms with Crippen LogP contribution in [0.15, 0.2) is 4.52 Å². The van der Waals surface area contributed by atoms with Crippen LogP contribution in [-0.4, -0.2) is 42.9 Å². The Hall–Kier alpha value is -0.600. The molecule has 1 aromatic heterocycles. The van der Waals surface area contributed by atoms with Gasteiger partial charge in [0.05, 0.1) is 6.04 Å². The SMILES string of the molecule is CS(=O)(=O)Cc1noc(C2CSCCN2)n1. The van der Waals surface area contributed by atoms with E-state index in [2.05, 4.69) is 15.5 Å². The average molecular weight is 263 g/mol. The molecule has 90 valence electrons. The molecule has 1 aromatic rings. The minimum atomic E-state index is -3.11. The lowest BCUT2D eigenvalue weighted by Gasteiger charge is -2.19. The number of sulfone groups is 1. The monoisotopic (exact) mass is 263 g/mol. The van der Waals surface area contributed by atoms with Crippen molar-refractivity contribution in [1.29, 1.82) is 0 Å². The third-order valence-electron chi connectivity index (χ3n) is 2.09. The lowest BCUT2D eigenvalue weighted by atomic mass is 10.3. The van der Waals surface area contributed by atoms with Gasteiger partial charge in [-0.25, -0.2) is 8.42 Å². The van der Waals surface area contributed by atoms with Gasteiger partial charge in [0.1, 0.15) is 5.75 Å². The molecule has 1 N–H and O–H groups in total. The second-order valence-corrected chi connectivity index (χ2v) is 6.99. The van der Waals surface area contributed by atoms with Crippen LogP contribution in [0.2, 0.25) is 0 Å². The molecule has 0 amide bonds. The summed E-state index contributed by atoms with van der Waals surface area (Å²) in [6.45, 7) is 0.902. The summed E-state index contributed by atoms with van der Waals surface area (Å²) in [5.41, 5.74) is 0. The molecule has 1 aliphatic heterocycles. The van der Waals surface area contributed by atoms with Crippen LogP contribution < -0.4 is 5.32 Å². The molecule has 2 heterocycles. The molecule has 0 radical (unpaired) electrons. The molecule has 0 aliphatic carbocycles. The summed E-state index contributed by atoms with van der Waals surface area (Å²) in [6.07, 6.45) is 1.15. The highest BCUT2D eigenvalue weighted by atomic mass is 32.2. The Labute approximate surface area is 98.1 Å². The van der Waals surface area contributed by atoms with Crippen molar-refractivity contribution in [3.8, 4) is 0 Å². The standard InChI is InChI=1S/C8H13N3O3S2/c1-16(12,13)5-7-10-8(14-11-7)6-4-15-3-2-9-6/h6,9H,2-5H2,1H3. The number of nitrogens with zero attached hydrogens (tertiary/aromatic N) is 2. The third kappa shape index (κ3) is 3.19. The fourth-order valence-corrected chi connectivity index (χ4v) is 2.94. The Bertz CT molecular complexity index is 451. The van der Waals surface area contributed by atoms with Crippen LogP contribution in [0.25, 0.3) is 0 Å². The molecule has 16 heavy (non-hydrogen) atoms. The maximum Gasteiger partial charge on any atom is 0.244 e. The zero-order chi connectivity index (χ0) is 11.6. The number of rotatable bonds is 3. The predicted octanol–water partition coefficient (Wildman–Crippen LogP) is -0.00830. The molecule has 6 nitrogen and oxygen atoms in total. The van der Waals surface area contributed by atoms with Gasteiger partial charge in [0.25, 0.3) is 0 Å². The van der Waals surface area contributed by atoms with Crippen LogP contribution in [0.4, 0.5) is 0 Å². The number of aromatic nitrogens is 2. The summed E-state index contributed by atoms with van der Waals surface area (Å²) in [5, 5.41) is 6.91. The summed E-state index contributed by atoms with van der Waals surface area (Å²) >= 11 is 1.81. The van der Waals surface area contributed by atoms with Crippen LogP contribution in [0.3, 0.4) is 0 Å². The first kappa shape index (κ1) is 11.9. The van der Waals surface area contributed by atoms with Crippen molar-refractivity contribution in [2.24, 2.45) is 0 Å². The minimum absolute atomic E-state index is 0.0413. The van der Waals surface area contributed by atoms with Crippen LogP contribution in [0, 0.1) is 0 Å². The van der Waals surface area contributed by atoms with Gasteiger partial charge in [0, 0.05) is 24.3 Å². The summed E-state index contributed by atoms with van der Waals surface area (Å²) in [7, 11) is -3.11. The van der Waals surface area contributed by atoms with Crippen LogP contribution in [-0.2, 0) is 15.6 Å². The van der Waals surface area contributed by atoms with Crippen LogP contribution in [0.5, 0.6) is 0 Å². The summed E-state index contributed by atoms with van der Waals surface area (Å²) < 4.78 is 27.1. The summed E-state index contributed by atoms with van der Waals surface area (Å²) in [4.78, 5) is 4.09. The second kappa shape index (κ2) is 4.72. The Morgan fingerprint density at radius 3 is 3.06 bits per heavy atom. The lowest BCUT2D eigenvalue weighted by Crippen LogP contribution is -2.30. The second-order valence-electron chi connectivity index (χ2n) is 3.70. The molecule has 0 bridgehead atoms. The van der Waals surface area contributed by atoms with Gasteiger partial charge in [-0.15, -0.1) is 0 Å². The Morgan fingerprint density at radius 1 is 1.62 bits per heavy atom. The highest BCUT2D eigenvalue weighted by Gasteiger charge is 2.22. The van der Waals surface area contributed by atoms with E-state index in [1.165, 1.54) is 0 Å². The van der Waals surface area contributed by atoms with Crippen molar-refractivity contribution in [3.63, 3.8) is 0 Å². The quantitative estimate of drug-likeness (QED) is 0.821. The van der Waals surface area contributed by atoms with E-state index in [-0.39, 0.29) is 17.6 Å². The Morgan fingerprint density at radius 2 is 2.44 bits per heavy atom. The van der Waals surface area contributed by atoms with E-state index in [1.54, 1.807) is 0 Å². The van der Waals surface area contributed by atoms with Crippen LogP contribution >= 0.6 is 11.8 Å². The van der Waals surface area contributed by atoms with E-state index in [0.29, 0.717) is 5.89 Å². The van der Waals surface area contributed by atoms with Gasteiger partial charge in [-0.05, 0) is 0 Å². The van der Waals surface area contributed by atoms with Gasteiger partial charge in [-0.1, -0.05) is 5.16 Å². The molecular weight excluding hydrogens is 250 g/mol. The zero-order valence-electron chi connectivity index (χ0n) is 8.84. The molecule has 1 saturated heterocycles. The normalized spacial score (nSPS) is 22.2. The van der Waals surface area contributed by atoms with Crippen molar-refractivity contribution in [3.05, 3.63) is 11.7 Å². The van der Waals surface area contributed by atoms with Crippen molar-refractivity contribution in [1.82, 2.24) is 15.5 Å². The largest absolute Gasteiger partial charge is 0.338 e. The Balaban J connectivity index is 2.06. The lowest BCUT2D eigenvalue weighted by molar-refractivity contribution is 0.339. The van der Waals surface area contributed by atoms with Gasteiger partial charge in [-0.3, -0.25) is 0 Å². The molecule has 0 aromatic carbocycles. The molecule has 1 fully saturated rings. The smallest absolute Gasteiger partial charge is 0.244 e. The maximum absolute atomic E-state index is 11.0. The molecule has 8 heteroatoms. The van der Waals surface area contributed by atoms with Gasteiger partial charge < -0.3 is 9.84 Å². The molecule has 2 rings (SSSR count). The highest BCUT2D eigenvalue weighted by Crippen LogP contribution is 2.20. The van der Waals surface area contributed by atoms with Crippen LogP contribution in [0.1, 0.15) is 17.8 Å². The fourth-order valence-electron chi connectivity index (χ4n) is 1.43. The highest BCUT2D eigenvalue weighted by molar-refractivity contribution is 7.99. The molecule has 1 aliphatic rings. The van der Waals surface area contributed by atoms with Crippen molar-refractivity contribution in [2.45, 2.75) is 11.8 Å². The van der Waals surface area contributed by atoms with Gasteiger partial charge >= 0.3 is 0 Å². The molecule has 1 unspecified atom stereocenters. The van der Waals surface area contributed by atoms with Gasteiger partial charge in [0.2, 0.25) is 5.89 Å². The molecular formula is C8H13N3O3S2. The fraction of sp³-hybridized carbons (Fsp3) is 0.750. The van der Waals surface area contributed by atoms with E-state index in [9.17, 15) is 8.42 Å². The van der Waals surface area contributed by atoms with E-state index < -0.39 is 9.84 Å². The van der Waals surface area contributed by atoms with E-state index >= 15 is 0 Å². The summed E-state index contributed by atoms with van der Waals surface area (Å²) in [5.74, 6) is 2.48. The average Bonchev–Trinajstić information content (AvgIpc) is 2.65. The molecule has 1 atom stereocenters. The van der Waals surface area contributed by atoms with Gasteiger partial charge in [0.15, 0.2) is 15.7 Å². The van der Waals surface area contributed by atoms with E-state index in [1.807, 2.05) is 11.8 Å².